The summed E-state index contributed by atoms with van der Waals surface area (Å²) in [4.78, 5) is 55.1. The summed E-state index contributed by atoms with van der Waals surface area (Å²) in [5.74, 6) is 12.1. The van der Waals surface area contributed by atoms with Crippen LogP contribution >= 0.6 is 0 Å². The summed E-state index contributed by atoms with van der Waals surface area (Å²) < 4.78 is 60.9. The van der Waals surface area contributed by atoms with E-state index in [9.17, 15) is 19.2 Å². The first-order valence-corrected chi connectivity index (χ1v) is 27.8. The average molecular weight is 1120 g/mol. The molecule has 6 rings (SSSR count). The lowest BCUT2D eigenvalue weighted by atomic mass is 10.0. The van der Waals surface area contributed by atoms with E-state index in [1.807, 2.05) is 97.1 Å². The minimum atomic E-state index is -0.208. The van der Waals surface area contributed by atoms with Crippen molar-refractivity contribution in [3.05, 3.63) is 130 Å². The van der Waals surface area contributed by atoms with Gasteiger partial charge in [-0.1, -0.05) is 84.3 Å². The first-order chi connectivity index (χ1) is 40.0. The molecule has 0 fully saturated rings. The number of nitrogens with zero attached hydrogens (tertiary/aromatic N) is 2. The molecule has 19 heteroatoms. The molecule has 4 amide bonds. The van der Waals surface area contributed by atoms with Gasteiger partial charge in [0.15, 0.2) is 0 Å². The molecule has 19 nitrogen and oxygen atoms in total. The van der Waals surface area contributed by atoms with Gasteiger partial charge < -0.3 is 72.5 Å². The molecule has 0 spiro atoms. The van der Waals surface area contributed by atoms with Gasteiger partial charge in [0.1, 0.15) is 0 Å². The van der Waals surface area contributed by atoms with E-state index in [0.717, 1.165) is 44.8 Å². The molecule has 436 valence electrons. The molecule has 0 unspecified atom stereocenters. The van der Waals surface area contributed by atoms with E-state index in [1.54, 1.807) is 9.80 Å². The lowest BCUT2D eigenvalue weighted by Gasteiger charge is -2.26. The first-order valence-electron chi connectivity index (χ1n) is 27.8. The van der Waals surface area contributed by atoms with Crippen LogP contribution in [0.4, 0.5) is 11.4 Å². The van der Waals surface area contributed by atoms with Crippen LogP contribution in [0.25, 0.3) is 0 Å². The van der Waals surface area contributed by atoms with Gasteiger partial charge in [-0.05, 0) is 47.5 Å². The van der Waals surface area contributed by atoms with Crippen molar-refractivity contribution in [1.29, 1.82) is 0 Å². The van der Waals surface area contributed by atoms with Crippen molar-refractivity contribution < 1.29 is 71.3 Å². The SMILES string of the molecule is O=C(CCC(=O)N1Cc2ccccc2C#Cc2ccccc21)NCCOCCOCCOCCOCCOCCOCCOCCOCCOCCOCCOCCNC(=O)CCC(=O)N1Cc2ccccc2C#Cc2ccccc21. The molecule has 81 heavy (non-hydrogen) atoms. The highest BCUT2D eigenvalue weighted by atomic mass is 16.6. The van der Waals surface area contributed by atoms with Crippen LogP contribution in [0.15, 0.2) is 97.1 Å². The van der Waals surface area contributed by atoms with Crippen LogP contribution < -0.4 is 20.4 Å². The van der Waals surface area contributed by atoms with Gasteiger partial charge in [-0.3, -0.25) is 19.2 Å². The Morgan fingerprint density at radius 3 is 0.877 bits per heavy atom. The smallest absolute Gasteiger partial charge is 0.227 e. The molecule has 2 heterocycles. The van der Waals surface area contributed by atoms with Crippen molar-refractivity contribution in [3.63, 3.8) is 0 Å². The van der Waals surface area contributed by atoms with Crippen molar-refractivity contribution in [3.8, 4) is 23.7 Å². The monoisotopic (exact) mass is 1120 g/mol. The number of para-hydroxylation sites is 2. The lowest BCUT2D eigenvalue weighted by molar-refractivity contribution is -0.125. The predicted molar refractivity (Wildman–Crippen MR) is 304 cm³/mol. The van der Waals surface area contributed by atoms with E-state index in [0.29, 0.717) is 172 Å². The zero-order valence-corrected chi connectivity index (χ0v) is 46.5. The number of anilines is 2. The van der Waals surface area contributed by atoms with Gasteiger partial charge in [0.2, 0.25) is 23.6 Å². The molecule has 0 bridgehead atoms. The minimum Gasteiger partial charge on any atom is -0.377 e. The van der Waals surface area contributed by atoms with Gasteiger partial charge in [-0.25, -0.2) is 0 Å². The number of hydrogen-bond acceptors (Lipinski definition) is 15. The molecule has 2 N–H and O–H groups in total. The Bertz CT molecular complexity index is 2450. The molecular formula is C62H78N4O15. The number of amides is 4. The maximum atomic E-state index is 13.3. The summed E-state index contributed by atoms with van der Waals surface area (Å²) in [6, 6.07) is 30.7. The molecule has 4 aromatic rings. The highest BCUT2D eigenvalue weighted by molar-refractivity contribution is 5.98. The standard InChI is InChI=1S/C62H78N4O15/c67-59(21-23-61(69)65-49-55-13-3-1-9-51(55)17-19-53-11-5-7-15-57(53)65)63-25-27-71-29-31-73-33-35-75-37-39-77-41-43-79-45-47-81-48-46-80-44-42-78-40-38-76-36-34-74-32-30-72-28-26-64-60(68)22-24-62(70)66-50-56-14-4-2-10-52(56)18-20-54-12-6-8-16-58(54)66/h1-16H,21-50H2,(H,63,67)(H,64,68). The first kappa shape index (κ1) is 63.6. The molecule has 0 saturated heterocycles. The number of ether oxygens (including phenoxy) is 11. The van der Waals surface area contributed by atoms with E-state index in [-0.39, 0.29) is 49.3 Å². The second-order valence-corrected chi connectivity index (χ2v) is 18.2. The van der Waals surface area contributed by atoms with E-state index in [4.69, 9.17) is 52.1 Å². The van der Waals surface area contributed by atoms with Gasteiger partial charge in [0.05, 0.1) is 170 Å². The maximum absolute atomic E-state index is 13.3. The zero-order chi connectivity index (χ0) is 56.6. The Kier molecular flexibility index (Phi) is 31.2. The summed E-state index contributed by atoms with van der Waals surface area (Å²) in [6.45, 7) is 10.9. The zero-order valence-electron chi connectivity index (χ0n) is 46.5. The quantitative estimate of drug-likeness (QED) is 0.0450. The molecule has 4 aromatic carbocycles. The third-order valence-corrected chi connectivity index (χ3v) is 12.3. The Morgan fingerprint density at radius 2 is 0.568 bits per heavy atom. The van der Waals surface area contributed by atoms with E-state index >= 15 is 0 Å². The van der Waals surface area contributed by atoms with Crippen molar-refractivity contribution in [2.24, 2.45) is 0 Å². The molecule has 0 aromatic heterocycles. The van der Waals surface area contributed by atoms with Crippen LogP contribution in [0.1, 0.15) is 59.1 Å². The van der Waals surface area contributed by atoms with Gasteiger partial charge in [-0.15, -0.1) is 0 Å². The van der Waals surface area contributed by atoms with Crippen LogP contribution in [-0.4, -0.2) is 182 Å². The summed E-state index contributed by atoms with van der Waals surface area (Å²) in [5.41, 5.74) is 6.77. The number of rotatable bonds is 42. The fourth-order valence-electron chi connectivity index (χ4n) is 8.13. The van der Waals surface area contributed by atoms with Gasteiger partial charge in [0, 0.05) is 61.0 Å². The van der Waals surface area contributed by atoms with Crippen molar-refractivity contribution in [2.45, 2.75) is 38.8 Å². The second-order valence-electron chi connectivity index (χ2n) is 18.2. The number of hydrogen-bond donors (Lipinski definition) is 2. The summed E-state index contributed by atoms with van der Waals surface area (Å²) in [7, 11) is 0. The minimum absolute atomic E-state index is 0.0774. The summed E-state index contributed by atoms with van der Waals surface area (Å²) in [5, 5.41) is 5.64. The largest absolute Gasteiger partial charge is 0.377 e. The Balaban J connectivity index is 0.601. The fourth-order valence-corrected chi connectivity index (χ4v) is 8.13. The number of benzene rings is 4. The third kappa shape index (κ3) is 25.4. The van der Waals surface area contributed by atoms with Crippen molar-refractivity contribution in [2.75, 3.05) is 168 Å². The van der Waals surface area contributed by atoms with Crippen molar-refractivity contribution >= 4 is 35.0 Å². The Labute approximate surface area is 476 Å². The molecular weight excluding hydrogens is 1040 g/mol. The average Bonchev–Trinajstić information content (AvgIpc) is 3.52. The van der Waals surface area contributed by atoms with Gasteiger partial charge >= 0.3 is 0 Å². The number of nitrogens with one attached hydrogen (secondary N) is 2. The normalized spacial score (nSPS) is 12.2. The van der Waals surface area contributed by atoms with Gasteiger partial charge in [0.25, 0.3) is 0 Å². The van der Waals surface area contributed by atoms with Crippen LogP contribution in [0.5, 0.6) is 0 Å². The molecule has 2 aliphatic rings. The van der Waals surface area contributed by atoms with Crippen LogP contribution in [0.2, 0.25) is 0 Å². The lowest BCUT2D eigenvalue weighted by Crippen LogP contribution is -2.34. The fraction of sp³-hybridized carbons (Fsp3) is 0.484. The Hall–Kier alpha value is -6.56. The highest BCUT2D eigenvalue weighted by Gasteiger charge is 2.23. The number of fused-ring (bicyclic) bond motifs is 4. The molecule has 0 atom stereocenters. The van der Waals surface area contributed by atoms with Crippen molar-refractivity contribution in [1.82, 2.24) is 10.6 Å². The maximum Gasteiger partial charge on any atom is 0.227 e. The molecule has 0 saturated carbocycles. The van der Waals surface area contributed by atoms with E-state index in [2.05, 4.69) is 34.3 Å². The summed E-state index contributed by atoms with van der Waals surface area (Å²) >= 11 is 0. The molecule has 0 radical (unpaired) electrons. The molecule has 2 aliphatic heterocycles. The Morgan fingerprint density at radius 1 is 0.321 bits per heavy atom. The second kappa shape index (κ2) is 39.8. The predicted octanol–water partition coefficient (Wildman–Crippen LogP) is 4.86. The van der Waals surface area contributed by atoms with E-state index < -0.39 is 0 Å². The van der Waals surface area contributed by atoms with Gasteiger partial charge in [-0.2, -0.15) is 0 Å². The topological polar surface area (TPSA) is 200 Å². The number of carbonyl (C=O) groups excluding carboxylic acids is 4. The van der Waals surface area contributed by atoms with Crippen LogP contribution in [0, 0.1) is 23.7 Å². The summed E-state index contributed by atoms with van der Waals surface area (Å²) in [6.07, 6.45) is 0.313. The number of carbonyl (C=O) groups is 4. The highest BCUT2D eigenvalue weighted by Crippen LogP contribution is 2.28. The third-order valence-electron chi connectivity index (χ3n) is 12.3. The molecule has 0 aliphatic carbocycles. The van der Waals surface area contributed by atoms with E-state index in [1.165, 1.54) is 0 Å². The van der Waals surface area contributed by atoms with Crippen LogP contribution in [0.3, 0.4) is 0 Å². The van der Waals surface area contributed by atoms with Crippen LogP contribution in [-0.2, 0) is 84.4 Å².